The van der Waals surface area contributed by atoms with E-state index >= 15 is 0 Å². The SMILES string of the molecule is CCNc1ncc([N+](=O)[O-])c(NCCCOCC2CC2)n1. The molecule has 0 aromatic carbocycles. The van der Waals surface area contributed by atoms with Crippen LogP contribution in [0.5, 0.6) is 0 Å². The van der Waals surface area contributed by atoms with Crippen molar-refractivity contribution in [2.45, 2.75) is 26.2 Å². The van der Waals surface area contributed by atoms with Gasteiger partial charge in [-0.15, -0.1) is 0 Å². The molecule has 1 fully saturated rings. The Kier molecular flexibility index (Phi) is 5.68. The molecule has 1 heterocycles. The Morgan fingerprint density at radius 3 is 2.95 bits per heavy atom. The molecule has 1 saturated carbocycles. The first-order valence-corrected chi connectivity index (χ1v) is 7.27. The van der Waals surface area contributed by atoms with Crippen LogP contribution in [0.25, 0.3) is 0 Å². The van der Waals surface area contributed by atoms with Crippen LogP contribution in [0.2, 0.25) is 0 Å². The largest absolute Gasteiger partial charge is 0.381 e. The first-order chi connectivity index (χ1) is 10.2. The Morgan fingerprint density at radius 2 is 2.29 bits per heavy atom. The molecule has 1 aromatic heterocycles. The van der Waals surface area contributed by atoms with Gasteiger partial charge in [-0.2, -0.15) is 4.98 Å². The van der Waals surface area contributed by atoms with E-state index in [9.17, 15) is 10.1 Å². The Balaban J connectivity index is 1.80. The number of hydrogen-bond donors (Lipinski definition) is 2. The number of anilines is 2. The summed E-state index contributed by atoms with van der Waals surface area (Å²) in [7, 11) is 0. The fourth-order valence-corrected chi connectivity index (χ4v) is 1.80. The molecule has 1 aromatic rings. The molecule has 0 amide bonds. The molecule has 1 aliphatic carbocycles. The molecular weight excluding hydrogens is 274 g/mol. The highest BCUT2D eigenvalue weighted by molar-refractivity contribution is 5.56. The maximum atomic E-state index is 10.9. The van der Waals surface area contributed by atoms with Gasteiger partial charge in [-0.05, 0) is 32.1 Å². The Bertz CT molecular complexity index is 479. The fourth-order valence-electron chi connectivity index (χ4n) is 1.80. The zero-order chi connectivity index (χ0) is 15.1. The molecule has 0 radical (unpaired) electrons. The van der Waals surface area contributed by atoms with E-state index in [0.29, 0.717) is 25.6 Å². The maximum absolute atomic E-state index is 10.9. The normalized spacial score (nSPS) is 14.0. The van der Waals surface area contributed by atoms with E-state index < -0.39 is 4.92 Å². The van der Waals surface area contributed by atoms with E-state index in [0.717, 1.165) is 18.9 Å². The van der Waals surface area contributed by atoms with Crippen LogP contribution in [-0.2, 0) is 4.74 Å². The summed E-state index contributed by atoms with van der Waals surface area (Å²) in [4.78, 5) is 18.5. The van der Waals surface area contributed by atoms with E-state index in [-0.39, 0.29) is 11.5 Å². The highest BCUT2D eigenvalue weighted by atomic mass is 16.6. The molecule has 8 nitrogen and oxygen atoms in total. The van der Waals surface area contributed by atoms with E-state index in [4.69, 9.17) is 4.74 Å². The predicted molar refractivity (Wildman–Crippen MR) is 79.5 cm³/mol. The number of aromatic nitrogens is 2. The lowest BCUT2D eigenvalue weighted by atomic mass is 10.4. The van der Waals surface area contributed by atoms with Gasteiger partial charge in [0.05, 0.1) is 4.92 Å². The molecular formula is C13H21N5O3. The molecule has 0 unspecified atom stereocenters. The van der Waals surface area contributed by atoms with Gasteiger partial charge in [-0.25, -0.2) is 4.98 Å². The smallest absolute Gasteiger partial charge is 0.329 e. The molecule has 1 aliphatic rings. The predicted octanol–water partition coefficient (Wildman–Crippen LogP) is 2.05. The second-order valence-electron chi connectivity index (χ2n) is 5.01. The van der Waals surface area contributed by atoms with Crippen LogP contribution >= 0.6 is 0 Å². The number of nitro groups is 1. The van der Waals surface area contributed by atoms with Gasteiger partial charge in [-0.1, -0.05) is 0 Å². The van der Waals surface area contributed by atoms with Gasteiger partial charge in [-0.3, -0.25) is 10.1 Å². The minimum atomic E-state index is -0.484. The molecule has 0 aliphatic heterocycles. The maximum Gasteiger partial charge on any atom is 0.329 e. The average Bonchev–Trinajstić information content (AvgIpc) is 3.27. The number of hydrogen-bond acceptors (Lipinski definition) is 7. The molecule has 0 spiro atoms. The molecule has 2 rings (SSSR count). The lowest BCUT2D eigenvalue weighted by Gasteiger charge is -2.08. The van der Waals surface area contributed by atoms with Crippen molar-refractivity contribution in [2.75, 3.05) is 36.9 Å². The van der Waals surface area contributed by atoms with Crippen LogP contribution in [-0.4, -0.2) is 41.2 Å². The van der Waals surface area contributed by atoms with E-state index in [1.807, 2.05) is 6.92 Å². The number of nitrogens with zero attached hydrogens (tertiary/aromatic N) is 3. The molecule has 0 saturated heterocycles. The van der Waals surface area contributed by atoms with Crippen molar-refractivity contribution in [3.8, 4) is 0 Å². The van der Waals surface area contributed by atoms with Crippen molar-refractivity contribution in [2.24, 2.45) is 5.92 Å². The van der Waals surface area contributed by atoms with Crippen molar-refractivity contribution in [3.05, 3.63) is 16.3 Å². The zero-order valence-electron chi connectivity index (χ0n) is 12.2. The van der Waals surface area contributed by atoms with Crippen LogP contribution in [0.4, 0.5) is 17.5 Å². The summed E-state index contributed by atoms with van der Waals surface area (Å²) in [6.07, 6.45) is 4.55. The number of ether oxygens (including phenoxy) is 1. The van der Waals surface area contributed by atoms with Gasteiger partial charge in [0.25, 0.3) is 0 Å². The van der Waals surface area contributed by atoms with E-state index in [1.165, 1.54) is 19.0 Å². The van der Waals surface area contributed by atoms with Gasteiger partial charge < -0.3 is 15.4 Å². The van der Waals surface area contributed by atoms with Crippen LogP contribution in [0.15, 0.2) is 6.20 Å². The third-order valence-electron chi connectivity index (χ3n) is 3.11. The lowest BCUT2D eigenvalue weighted by molar-refractivity contribution is -0.384. The molecule has 0 atom stereocenters. The van der Waals surface area contributed by atoms with Crippen molar-refractivity contribution in [1.29, 1.82) is 0 Å². The van der Waals surface area contributed by atoms with E-state index in [1.54, 1.807) is 0 Å². The van der Waals surface area contributed by atoms with Crippen molar-refractivity contribution in [1.82, 2.24) is 9.97 Å². The Labute approximate surface area is 123 Å². The van der Waals surface area contributed by atoms with Crippen LogP contribution in [0.1, 0.15) is 26.2 Å². The summed E-state index contributed by atoms with van der Waals surface area (Å²) in [5.74, 6) is 1.38. The number of nitrogens with one attached hydrogen (secondary N) is 2. The van der Waals surface area contributed by atoms with Gasteiger partial charge in [0.2, 0.25) is 11.8 Å². The standard InChI is InChI=1S/C13H21N5O3/c1-2-14-13-16-8-11(18(19)20)12(17-13)15-6-3-7-21-9-10-4-5-10/h8,10H,2-7,9H2,1H3,(H2,14,15,16,17). The van der Waals surface area contributed by atoms with Crippen LogP contribution in [0.3, 0.4) is 0 Å². The van der Waals surface area contributed by atoms with Crippen LogP contribution < -0.4 is 10.6 Å². The third-order valence-corrected chi connectivity index (χ3v) is 3.11. The summed E-state index contributed by atoms with van der Waals surface area (Å²) in [5, 5.41) is 16.9. The minimum absolute atomic E-state index is 0.115. The Morgan fingerprint density at radius 1 is 1.48 bits per heavy atom. The van der Waals surface area contributed by atoms with Crippen LogP contribution in [0, 0.1) is 16.0 Å². The summed E-state index contributed by atoms with van der Waals surface area (Å²) < 4.78 is 5.52. The van der Waals surface area contributed by atoms with E-state index in [2.05, 4.69) is 20.6 Å². The number of rotatable bonds is 10. The minimum Gasteiger partial charge on any atom is -0.381 e. The lowest BCUT2D eigenvalue weighted by Crippen LogP contribution is -2.11. The summed E-state index contributed by atoms with van der Waals surface area (Å²) >= 11 is 0. The van der Waals surface area contributed by atoms with Gasteiger partial charge in [0.1, 0.15) is 6.20 Å². The quantitative estimate of drug-likeness (QED) is 0.387. The topological polar surface area (TPSA) is 102 Å². The van der Waals surface area contributed by atoms with Gasteiger partial charge >= 0.3 is 5.69 Å². The fraction of sp³-hybridized carbons (Fsp3) is 0.692. The molecule has 2 N–H and O–H groups in total. The zero-order valence-corrected chi connectivity index (χ0v) is 12.2. The second-order valence-corrected chi connectivity index (χ2v) is 5.01. The van der Waals surface area contributed by atoms with Crippen molar-refractivity contribution >= 4 is 17.5 Å². The first-order valence-electron chi connectivity index (χ1n) is 7.27. The second kappa shape index (κ2) is 7.72. The highest BCUT2D eigenvalue weighted by Gasteiger charge is 2.21. The average molecular weight is 295 g/mol. The molecule has 21 heavy (non-hydrogen) atoms. The summed E-state index contributed by atoms with van der Waals surface area (Å²) in [5.41, 5.74) is -0.115. The molecule has 0 bridgehead atoms. The Hall–Kier alpha value is -1.96. The summed E-state index contributed by atoms with van der Waals surface area (Å²) in [6.45, 7) is 4.64. The molecule has 116 valence electrons. The van der Waals surface area contributed by atoms with Crippen molar-refractivity contribution < 1.29 is 9.66 Å². The monoisotopic (exact) mass is 295 g/mol. The van der Waals surface area contributed by atoms with Crippen molar-refractivity contribution in [3.63, 3.8) is 0 Å². The summed E-state index contributed by atoms with van der Waals surface area (Å²) in [6, 6.07) is 0. The first kappa shape index (κ1) is 15.4. The third kappa shape index (κ3) is 5.14. The van der Waals surface area contributed by atoms with Gasteiger partial charge in [0.15, 0.2) is 0 Å². The van der Waals surface area contributed by atoms with Gasteiger partial charge in [0, 0.05) is 26.3 Å². The highest BCUT2D eigenvalue weighted by Crippen LogP contribution is 2.28. The molecule has 8 heteroatoms.